The van der Waals surface area contributed by atoms with E-state index in [1.165, 1.54) is 7.11 Å². The molecule has 0 radical (unpaired) electrons. The van der Waals surface area contributed by atoms with Gasteiger partial charge in [-0.2, -0.15) is 0 Å². The van der Waals surface area contributed by atoms with Crippen molar-refractivity contribution < 1.29 is 20.1 Å². The topological polar surface area (TPSA) is 47.6 Å². The van der Waals surface area contributed by atoms with Crippen LogP contribution in [0.4, 0.5) is 4.39 Å². The molecule has 2 aliphatic heterocycles. The summed E-state index contributed by atoms with van der Waals surface area (Å²) in [6.07, 6.45) is 0.855. The Balaban J connectivity index is 0.00000220. The molecule has 2 fully saturated rings. The Morgan fingerprint density at radius 1 is 1.50 bits per heavy atom. The van der Waals surface area contributed by atoms with Gasteiger partial charge in [0, 0.05) is 14.4 Å². The molecule has 0 saturated carbocycles. The Kier molecular flexibility index (Phi) is 4.13. The summed E-state index contributed by atoms with van der Waals surface area (Å²) >= 11 is 0. The van der Waals surface area contributed by atoms with Gasteiger partial charge in [-0.3, -0.25) is 4.79 Å². The fourth-order valence-electron chi connectivity index (χ4n) is 3.32. The number of esters is 1. The van der Waals surface area contributed by atoms with Gasteiger partial charge >= 0.3 is 5.97 Å². The number of nitrogens with one attached hydrogen (secondary N) is 1. The van der Waals surface area contributed by atoms with Crippen LogP contribution < -0.4 is 5.32 Å². The van der Waals surface area contributed by atoms with Crippen LogP contribution in [-0.4, -0.2) is 45.1 Å². The molecule has 2 aliphatic rings. The van der Waals surface area contributed by atoms with E-state index in [2.05, 4.69) is 26.1 Å². The number of carbonyl (C=O) groups excluding carboxylic acids is 1. The molecule has 118 valence electrons. The smallest absolute Gasteiger partial charge is 0.313 e. The summed E-state index contributed by atoms with van der Waals surface area (Å²) < 4.78 is 24.5. The fraction of sp³-hybridized carbons (Fsp3) is 0.933. The van der Waals surface area contributed by atoms with Crippen molar-refractivity contribution in [2.45, 2.75) is 39.3 Å². The standard InChI is InChI=1S/C15H26FNO3.H2/c1-13(2,3)11-5-14(8-17-6-11,12(18)19-4)7-15(16)9-20-10-15;/h11,17H,5-10H2,1-4H3;1H/t11-,14+;/m1./s1. The molecule has 0 aromatic heterocycles. The van der Waals surface area contributed by atoms with Gasteiger partial charge in [0.05, 0.1) is 25.7 Å². The first-order chi connectivity index (χ1) is 9.21. The number of rotatable bonds is 3. The SMILES string of the molecule is COC(=O)[C@@]1(CC2(F)COC2)CNC[C@H](C(C)(C)C)C1.[HH]. The highest BCUT2D eigenvalue weighted by atomic mass is 19.1. The Labute approximate surface area is 121 Å². The van der Waals surface area contributed by atoms with Crippen molar-refractivity contribution in [2.24, 2.45) is 16.7 Å². The predicted molar refractivity (Wildman–Crippen MR) is 76.3 cm³/mol. The second-order valence-corrected chi connectivity index (χ2v) is 7.49. The van der Waals surface area contributed by atoms with Crippen LogP contribution in [0.1, 0.15) is 35.0 Å². The third kappa shape index (κ3) is 2.98. The van der Waals surface area contributed by atoms with Crippen LogP contribution in [0, 0.1) is 16.7 Å². The average Bonchev–Trinajstić information content (AvgIpc) is 2.35. The zero-order valence-corrected chi connectivity index (χ0v) is 12.9. The lowest BCUT2D eigenvalue weighted by atomic mass is 9.64. The molecule has 2 rings (SSSR count). The zero-order chi connectivity index (χ0) is 15.0. The molecule has 0 bridgehead atoms. The van der Waals surface area contributed by atoms with Crippen molar-refractivity contribution in [3.8, 4) is 0 Å². The van der Waals surface area contributed by atoms with Crippen LogP contribution in [0.3, 0.4) is 0 Å². The van der Waals surface area contributed by atoms with Gasteiger partial charge in [0.2, 0.25) is 0 Å². The van der Waals surface area contributed by atoms with Gasteiger partial charge < -0.3 is 14.8 Å². The molecule has 4 nitrogen and oxygen atoms in total. The normalized spacial score (nSPS) is 33.4. The van der Waals surface area contributed by atoms with Crippen LogP contribution >= 0.6 is 0 Å². The largest absolute Gasteiger partial charge is 0.469 e. The van der Waals surface area contributed by atoms with E-state index in [4.69, 9.17) is 9.47 Å². The molecular formula is C15H28FNO3. The first kappa shape index (κ1) is 15.7. The monoisotopic (exact) mass is 289 g/mol. The lowest BCUT2D eigenvalue weighted by Crippen LogP contribution is -2.58. The Morgan fingerprint density at radius 2 is 2.15 bits per heavy atom. The number of alkyl halides is 1. The second kappa shape index (κ2) is 5.26. The Morgan fingerprint density at radius 3 is 2.60 bits per heavy atom. The summed E-state index contributed by atoms with van der Waals surface area (Å²) in [5, 5.41) is 3.31. The van der Waals surface area contributed by atoms with E-state index in [9.17, 15) is 9.18 Å². The van der Waals surface area contributed by atoms with E-state index in [1.54, 1.807) is 0 Å². The van der Waals surface area contributed by atoms with E-state index in [0.29, 0.717) is 18.9 Å². The maximum Gasteiger partial charge on any atom is 0.313 e. The lowest BCUT2D eigenvalue weighted by molar-refractivity contribution is -0.177. The molecule has 2 atom stereocenters. The summed E-state index contributed by atoms with van der Waals surface area (Å²) in [7, 11) is 1.38. The van der Waals surface area contributed by atoms with Crippen molar-refractivity contribution in [3.05, 3.63) is 0 Å². The zero-order valence-electron chi connectivity index (χ0n) is 12.9. The third-order valence-corrected chi connectivity index (χ3v) is 4.71. The number of carbonyl (C=O) groups is 1. The molecule has 0 amide bonds. The van der Waals surface area contributed by atoms with Crippen molar-refractivity contribution in [1.29, 1.82) is 0 Å². The summed E-state index contributed by atoms with van der Waals surface area (Å²) in [4.78, 5) is 12.3. The number of halogens is 1. The first-order valence-electron chi connectivity index (χ1n) is 7.27. The van der Waals surface area contributed by atoms with Crippen LogP contribution in [-0.2, 0) is 14.3 Å². The van der Waals surface area contributed by atoms with E-state index >= 15 is 0 Å². The highest BCUT2D eigenvalue weighted by Gasteiger charge is 2.53. The summed E-state index contributed by atoms with van der Waals surface area (Å²) in [5.41, 5.74) is -2.08. The van der Waals surface area contributed by atoms with Gasteiger partial charge in [0.15, 0.2) is 5.67 Å². The minimum absolute atomic E-state index is 0. The van der Waals surface area contributed by atoms with Gasteiger partial charge in [0.25, 0.3) is 0 Å². The Hall–Kier alpha value is -0.680. The highest BCUT2D eigenvalue weighted by molar-refractivity contribution is 5.77. The van der Waals surface area contributed by atoms with Crippen LogP contribution in [0.5, 0.6) is 0 Å². The van der Waals surface area contributed by atoms with E-state index in [1.807, 2.05) is 0 Å². The molecule has 2 heterocycles. The number of ether oxygens (including phenoxy) is 2. The third-order valence-electron chi connectivity index (χ3n) is 4.71. The number of hydrogen-bond acceptors (Lipinski definition) is 4. The number of piperidine rings is 1. The van der Waals surface area contributed by atoms with Gasteiger partial charge in [-0.15, -0.1) is 0 Å². The molecule has 0 unspecified atom stereocenters. The first-order valence-corrected chi connectivity index (χ1v) is 7.27. The molecular weight excluding hydrogens is 261 g/mol. The highest BCUT2D eigenvalue weighted by Crippen LogP contribution is 2.46. The van der Waals surface area contributed by atoms with Crippen LogP contribution in [0.15, 0.2) is 0 Å². The van der Waals surface area contributed by atoms with Gasteiger partial charge in [-0.05, 0) is 24.3 Å². The van der Waals surface area contributed by atoms with Crippen molar-refractivity contribution in [1.82, 2.24) is 5.32 Å². The molecule has 20 heavy (non-hydrogen) atoms. The molecule has 2 saturated heterocycles. The molecule has 1 N–H and O–H groups in total. The van der Waals surface area contributed by atoms with Crippen molar-refractivity contribution in [3.63, 3.8) is 0 Å². The average molecular weight is 289 g/mol. The fourth-order valence-corrected chi connectivity index (χ4v) is 3.32. The maximum atomic E-state index is 14.5. The van der Waals surface area contributed by atoms with Gasteiger partial charge in [0.1, 0.15) is 0 Å². The summed E-state index contributed by atoms with van der Waals surface area (Å²) in [6.45, 7) is 7.99. The van der Waals surface area contributed by atoms with Crippen LogP contribution in [0.2, 0.25) is 0 Å². The summed E-state index contributed by atoms with van der Waals surface area (Å²) in [5.74, 6) is 0.0165. The Bertz CT molecular complexity index is 382. The van der Waals surface area contributed by atoms with Gasteiger partial charge in [-0.25, -0.2) is 4.39 Å². The number of hydrogen-bond donors (Lipinski definition) is 1. The minimum atomic E-state index is -1.38. The molecule has 0 aromatic rings. The lowest BCUT2D eigenvalue weighted by Gasteiger charge is -2.47. The molecule has 0 aliphatic carbocycles. The second-order valence-electron chi connectivity index (χ2n) is 7.49. The molecule has 0 spiro atoms. The van der Waals surface area contributed by atoms with E-state index in [-0.39, 0.29) is 32.4 Å². The van der Waals surface area contributed by atoms with E-state index in [0.717, 1.165) is 6.54 Å². The van der Waals surface area contributed by atoms with Gasteiger partial charge in [-0.1, -0.05) is 20.8 Å². The van der Waals surface area contributed by atoms with E-state index < -0.39 is 11.1 Å². The van der Waals surface area contributed by atoms with Crippen molar-refractivity contribution >= 4 is 5.97 Å². The molecule has 5 heteroatoms. The van der Waals surface area contributed by atoms with Crippen molar-refractivity contribution in [2.75, 3.05) is 33.4 Å². The van der Waals surface area contributed by atoms with Crippen LogP contribution in [0.25, 0.3) is 0 Å². The minimum Gasteiger partial charge on any atom is -0.469 e. The number of methoxy groups -OCH3 is 1. The summed E-state index contributed by atoms with van der Waals surface area (Å²) in [6, 6.07) is 0. The predicted octanol–water partition coefficient (Wildman–Crippen LogP) is 2.18. The molecule has 0 aromatic carbocycles. The maximum absolute atomic E-state index is 14.5. The quantitative estimate of drug-likeness (QED) is 0.809.